The minimum absolute atomic E-state index is 0.524. The maximum Gasteiger partial charge on any atom is 0.239 e. The van der Waals surface area contributed by atoms with Gasteiger partial charge in [-0.3, -0.25) is 0 Å². The first kappa shape index (κ1) is 12.8. The molecule has 1 aliphatic carbocycles. The zero-order valence-electron chi connectivity index (χ0n) is 11.6. The van der Waals surface area contributed by atoms with Crippen molar-refractivity contribution in [1.29, 1.82) is 0 Å². The number of nitrogens with two attached hydrogens (primary N) is 1. The van der Waals surface area contributed by atoms with E-state index in [-0.39, 0.29) is 0 Å². The normalized spacial score (nSPS) is 14.1. The summed E-state index contributed by atoms with van der Waals surface area (Å²) in [4.78, 5) is 4.45. The van der Waals surface area contributed by atoms with Gasteiger partial charge in [0.15, 0.2) is 0 Å². The van der Waals surface area contributed by atoms with Crippen LogP contribution in [0.4, 0.5) is 17.2 Å². The SMILES string of the molecule is Cc1ccccc1Nc1ccc(N)c(OCC2CC2)n1. The number of benzene rings is 1. The highest BCUT2D eigenvalue weighted by Gasteiger charge is 2.22. The summed E-state index contributed by atoms with van der Waals surface area (Å²) in [6, 6.07) is 11.8. The molecule has 4 heteroatoms. The number of hydrogen-bond acceptors (Lipinski definition) is 4. The van der Waals surface area contributed by atoms with E-state index in [4.69, 9.17) is 10.5 Å². The third kappa shape index (κ3) is 3.02. The predicted octanol–water partition coefficient (Wildman–Crippen LogP) is 3.50. The van der Waals surface area contributed by atoms with Crippen LogP contribution < -0.4 is 15.8 Å². The number of ether oxygens (including phenoxy) is 1. The lowest BCUT2D eigenvalue weighted by Gasteiger charge is -2.12. The molecule has 20 heavy (non-hydrogen) atoms. The first-order valence-corrected chi connectivity index (χ1v) is 6.94. The van der Waals surface area contributed by atoms with Gasteiger partial charge in [0.2, 0.25) is 5.88 Å². The van der Waals surface area contributed by atoms with E-state index in [0.29, 0.717) is 24.1 Å². The van der Waals surface area contributed by atoms with Gasteiger partial charge < -0.3 is 15.8 Å². The van der Waals surface area contributed by atoms with Crippen molar-refractivity contribution in [3.8, 4) is 5.88 Å². The third-order valence-electron chi connectivity index (χ3n) is 3.45. The molecule has 0 atom stereocenters. The number of aryl methyl sites for hydroxylation is 1. The van der Waals surface area contributed by atoms with Crippen molar-refractivity contribution in [2.45, 2.75) is 19.8 Å². The quantitative estimate of drug-likeness (QED) is 0.872. The molecule has 0 radical (unpaired) electrons. The molecule has 3 N–H and O–H groups in total. The van der Waals surface area contributed by atoms with Crippen LogP contribution >= 0.6 is 0 Å². The number of nitrogens with zero attached hydrogens (tertiary/aromatic N) is 1. The lowest BCUT2D eigenvalue weighted by molar-refractivity contribution is 0.290. The molecule has 1 aliphatic rings. The predicted molar refractivity (Wildman–Crippen MR) is 81.3 cm³/mol. The molecule has 1 fully saturated rings. The van der Waals surface area contributed by atoms with Crippen molar-refractivity contribution in [3.63, 3.8) is 0 Å². The minimum atomic E-state index is 0.524. The van der Waals surface area contributed by atoms with Gasteiger partial charge in [-0.2, -0.15) is 4.98 Å². The van der Waals surface area contributed by atoms with Crippen LogP contribution in [-0.4, -0.2) is 11.6 Å². The fraction of sp³-hybridized carbons (Fsp3) is 0.312. The van der Waals surface area contributed by atoms with Gasteiger partial charge in [0.25, 0.3) is 0 Å². The molecule has 1 heterocycles. The van der Waals surface area contributed by atoms with Crippen LogP contribution in [-0.2, 0) is 0 Å². The Kier molecular flexibility index (Phi) is 3.46. The molecule has 104 valence electrons. The maximum absolute atomic E-state index is 5.90. The van der Waals surface area contributed by atoms with Crippen LogP contribution in [0.25, 0.3) is 0 Å². The summed E-state index contributed by atoms with van der Waals surface area (Å²) in [7, 11) is 0. The van der Waals surface area contributed by atoms with Gasteiger partial charge in [0, 0.05) is 5.69 Å². The number of nitrogen functional groups attached to an aromatic ring is 1. The van der Waals surface area contributed by atoms with Crippen LogP contribution in [0.2, 0.25) is 0 Å². The summed E-state index contributed by atoms with van der Waals surface area (Å²) < 4.78 is 5.69. The fourth-order valence-electron chi connectivity index (χ4n) is 1.97. The summed E-state index contributed by atoms with van der Waals surface area (Å²) in [5, 5.41) is 3.30. The summed E-state index contributed by atoms with van der Waals surface area (Å²) in [6.07, 6.45) is 2.50. The highest BCUT2D eigenvalue weighted by Crippen LogP contribution is 2.31. The highest BCUT2D eigenvalue weighted by atomic mass is 16.5. The molecular formula is C16H19N3O. The molecule has 0 unspecified atom stereocenters. The summed E-state index contributed by atoms with van der Waals surface area (Å²) in [6.45, 7) is 2.77. The number of aromatic nitrogens is 1. The molecule has 0 saturated heterocycles. The van der Waals surface area contributed by atoms with E-state index in [2.05, 4.69) is 23.3 Å². The molecule has 1 saturated carbocycles. The average molecular weight is 269 g/mol. The van der Waals surface area contributed by atoms with Crippen molar-refractivity contribution < 1.29 is 4.74 Å². The number of pyridine rings is 1. The van der Waals surface area contributed by atoms with Crippen molar-refractivity contribution in [2.75, 3.05) is 17.7 Å². The van der Waals surface area contributed by atoms with Crippen molar-refractivity contribution >= 4 is 17.2 Å². The van der Waals surface area contributed by atoms with Crippen LogP contribution in [0, 0.1) is 12.8 Å². The monoisotopic (exact) mass is 269 g/mol. The molecule has 3 rings (SSSR count). The molecule has 0 bridgehead atoms. The minimum Gasteiger partial charge on any atom is -0.476 e. The van der Waals surface area contributed by atoms with E-state index in [1.165, 1.54) is 18.4 Å². The molecule has 0 spiro atoms. The molecule has 0 aliphatic heterocycles. The first-order valence-electron chi connectivity index (χ1n) is 6.94. The summed E-state index contributed by atoms with van der Waals surface area (Å²) in [5.74, 6) is 1.96. The Morgan fingerprint density at radius 3 is 2.80 bits per heavy atom. The van der Waals surface area contributed by atoms with Gasteiger partial charge in [-0.25, -0.2) is 0 Å². The van der Waals surface area contributed by atoms with Crippen LogP contribution in [0.1, 0.15) is 18.4 Å². The van der Waals surface area contributed by atoms with E-state index in [1.54, 1.807) is 0 Å². The molecule has 2 aromatic rings. The summed E-state index contributed by atoms with van der Waals surface area (Å²) >= 11 is 0. The number of nitrogens with one attached hydrogen (secondary N) is 1. The highest BCUT2D eigenvalue weighted by molar-refractivity contribution is 5.63. The fourth-order valence-corrected chi connectivity index (χ4v) is 1.97. The van der Waals surface area contributed by atoms with Crippen LogP contribution in [0.5, 0.6) is 5.88 Å². The van der Waals surface area contributed by atoms with Crippen LogP contribution in [0.3, 0.4) is 0 Å². The van der Waals surface area contributed by atoms with Gasteiger partial charge in [-0.1, -0.05) is 18.2 Å². The average Bonchev–Trinajstić information content (AvgIpc) is 3.26. The van der Waals surface area contributed by atoms with E-state index >= 15 is 0 Å². The standard InChI is InChI=1S/C16H19N3O/c1-11-4-2-3-5-14(11)18-15-9-8-13(17)16(19-15)20-10-12-6-7-12/h2-5,8-9,12H,6-7,10,17H2,1H3,(H,18,19). The summed E-state index contributed by atoms with van der Waals surface area (Å²) in [5.41, 5.74) is 8.70. The Labute approximate surface area is 119 Å². The van der Waals surface area contributed by atoms with E-state index < -0.39 is 0 Å². The number of rotatable bonds is 5. The molecule has 1 aromatic carbocycles. The van der Waals surface area contributed by atoms with Crippen molar-refractivity contribution in [2.24, 2.45) is 5.92 Å². The Morgan fingerprint density at radius 1 is 1.25 bits per heavy atom. The topological polar surface area (TPSA) is 60.2 Å². The van der Waals surface area contributed by atoms with Crippen molar-refractivity contribution in [3.05, 3.63) is 42.0 Å². The lowest BCUT2D eigenvalue weighted by Crippen LogP contribution is -2.05. The second-order valence-corrected chi connectivity index (χ2v) is 5.29. The molecule has 4 nitrogen and oxygen atoms in total. The Hall–Kier alpha value is -2.23. The Bertz CT molecular complexity index is 608. The zero-order chi connectivity index (χ0) is 13.9. The number of anilines is 3. The van der Waals surface area contributed by atoms with Gasteiger partial charge in [0.1, 0.15) is 5.82 Å². The zero-order valence-corrected chi connectivity index (χ0v) is 11.6. The number of hydrogen-bond donors (Lipinski definition) is 2. The second-order valence-electron chi connectivity index (χ2n) is 5.29. The van der Waals surface area contributed by atoms with Crippen molar-refractivity contribution in [1.82, 2.24) is 4.98 Å². The van der Waals surface area contributed by atoms with E-state index in [0.717, 1.165) is 11.5 Å². The Morgan fingerprint density at radius 2 is 2.05 bits per heavy atom. The van der Waals surface area contributed by atoms with Gasteiger partial charge in [-0.05, 0) is 49.4 Å². The first-order chi connectivity index (χ1) is 9.72. The van der Waals surface area contributed by atoms with Gasteiger partial charge >= 0.3 is 0 Å². The van der Waals surface area contributed by atoms with Gasteiger partial charge in [-0.15, -0.1) is 0 Å². The Balaban J connectivity index is 1.75. The lowest BCUT2D eigenvalue weighted by atomic mass is 10.2. The van der Waals surface area contributed by atoms with E-state index in [1.807, 2.05) is 30.3 Å². The number of para-hydroxylation sites is 1. The van der Waals surface area contributed by atoms with E-state index in [9.17, 15) is 0 Å². The maximum atomic E-state index is 5.90. The second kappa shape index (κ2) is 5.41. The molecule has 1 aromatic heterocycles. The molecular weight excluding hydrogens is 250 g/mol. The smallest absolute Gasteiger partial charge is 0.239 e. The van der Waals surface area contributed by atoms with Gasteiger partial charge in [0.05, 0.1) is 12.3 Å². The van der Waals surface area contributed by atoms with Crippen LogP contribution in [0.15, 0.2) is 36.4 Å². The largest absolute Gasteiger partial charge is 0.476 e. The molecule has 0 amide bonds. The third-order valence-corrected chi connectivity index (χ3v) is 3.45.